The molecular formula is C21H24N6O3. The van der Waals surface area contributed by atoms with Gasteiger partial charge in [0.25, 0.3) is 5.91 Å². The molecule has 1 unspecified atom stereocenters. The van der Waals surface area contributed by atoms with Crippen molar-refractivity contribution in [2.45, 2.75) is 37.5 Å². The Morgan fingerprint density at radius 2 is 2.07 bits per heavy atom. The van der Waals surface area contributed by atoms with Crippen molar-refractivity contribution in [3.05, 3.63) is 52.8 Å². The molecule has 1 aromatic heterocycles. The van der Waals surface area contributed by atoms with Crippen LogP contribution in [0.25, 0.3) is 0 Å². The summed E-state index contributed by atoms with van der Waals surface area (Å²) in [6.07, 6.45) is 2.42. The lowest BCUT2D eigenvalue weighted by molar-refractivity contribution is -0.136. The van der Waals surface area contributed by atoms with Crippen molar-refractivity contribution in [3.63, 3.8) is 0 Å². The lowest BCUT2D eigenvalue weighted by atomic mass is 9.87. The van der Waals surface area contributed by atoms with Crippen molar-refractivity contribution in [1.82, 2.24) is 30.6 Å². The number of nitrogens with zero attached hydrogens (tertiary/aromatic N) is 3. The Labute approximate surface area is 173 Å². The zero-order valence-electron chi connectivity index (χ0n) is 16.8. The fourth-order valence-electron chi connectivity index (χ4n) is 4.69. The molecule has 0 radical (unpaired) electrons. The maximum Gasteiger partial charge on any atom is 0.255 e. The van der Waals surface area contributed by atoms with E-state index in [4.69, 9.17) is 0 Å². The molecule has 0 aliphatic carbocycles. The molecule has 3 aliphatic rings. The van der Waals surface area contributed by atoms with Crippen LogP contribution in [0.1, 0.15) is 40.0 Å². The first kappa shape index (κ1) is 19.0. The third-order valence-corrected chi connectivity index (χ3v) is 6.46. The number of aromatic nitrogens is 2. The highest BCUT2D eigenvalue weighted by molar-refractivity contribution is 6.05. The number of amides is 3. The van der Waals surface area contributed by atoms with Crippen LogP contribution in [0.2, 0.25) is 0 Å². The summed E-state index contributed by atoms with van der Waals surface area (Å²) in [7, 11) is 1.94. The Balaban J connectivity index is 1.36. The van der Waals surface area contributed by atoms with Gasteiger partial charge < -0.3 is 10.2 Å². The number of aryl methyl sites for hydroxylation is 1. The van der Waals surface area contributed by atoms with Gasteiger partial charge in [-0.25, -0.2) is 0 Å². The molecule has 3 aliphatic heterocycles. The quantitative estimate of drug-likeness (QED) is 0.590. The van der Waals surface area contributed by atoms with Gasteiger partial charge in [-0.05, 0) is 29.7 Å². The third-order valence-electron chi connectivity index (χ3n) is 6.46. The van der Waals surface area contributed by atoms with Gasteiger partial charge in [0.2, 0.25) is 11.8 Å². The van der Waals surface area contributed by atoms with Gasteiger partial charge in [0.1, 0.15) is 6.04 Å². The number of carbonyl (C=O) groups excluding carboxylic acids is 3. The Hall–Kier alpha value is -3.04. The molecule has 0 spiro atoms. The molecule has 9 heteroatoms. The van der Waals surface area contributed by atoms with Gasteiger partial charge in [0.05, 0.1) is 11.2 Å². The van der Waals surface area contributed by atoms with Crippen LogP contribution in [0.4, 0.5) is 0 Å². The van der Waals surface area contributed by atoms with E-state index in [2.05, 4.69) is 21.0 Å². The summed E-state index contributed by atoms with van der Waals surface area (Å²) in [5.74, 6) is -0.810. The number of rotatable bonds is 5. The van der Waals surface area contributed by atoms with Gasteiger partial charge in [-0.2, -0.15) is 5.10 Å². The molecular weight excluding hydrogens is 384 g/mol. The molecule has 156 valence electrons. The second-order valence-corrected chi connectivity index (χ2v) is 8.22. The van der Waals surface area contributed by atoms with Crippen LogP contribution in [0, 0.1) is 0 Å². The molecule has 1 atom stereocenters. The maximum atomic E-state index is 13.0. The molecule has 2 saturated heterocycles. The van der Waals surface area contributed by atoms with Crippen molar-refractivity contribution < 1.29 is 14.4 Å². The molecule has 3 N–H and O–H groups in total. The fraction of sp³-hybridized carbons (Fsp3) is 0.429. The number of imide groups is 1. The van der Waals surface area contributed by atoms with Crippen molar-refractivity contribution in [2.75, 3.05) is 13.1 Å². The van der Waals surface area contributed by atoms with Crippen LogP contribution in [-0.2, 0) is 35.3 Å². The highest BCUT2D eigenvalue weighted by atomic mass is 16.2. The second kappa shape index (κ2) is 7.03. The molecule has 5 rings (SSSR count). The first-order valence-corrected chi connectivity index (χ1v) is 10.2. The maximum absolute atomic E-state index is 13.0. The molecule has 3 amide bonds. The summed E-state index contributed by atoms with van der Waals surface area (Å²) in [5, 5.41) is 13.6. The summed E-state index contributed by atoms with van der Waals surface area (Å²) in [4.78, 5) is 38.3. The minimum absolute atomic E-state index is 0.145. The largest absolute Gasteiger partial charge is 0.322 e. The van der Waals surface area contributed by atoms with E-state index in [1.54, 1.807) is 11.1 Å². The molecule has 2 aromatic rings. The van der Waals surface area contributed by atoms with E-state index in [9.17, 15) is 14.4 Å². The SMILES string of the molecule is Cn1nccc1C1(NCc2cccc3c2CN(C2CCC(=O)NC2=O)C3=O)CNC1. The zero-order valence-corrected chi connectivity index (χ0v) is 16.8. The molecule has 2 fully saturated rings. The number of benzene rings is 1. The summed E-state index contributed by atoms with van der Waals surface area (Å²) in [5.41, 5.74) is 3.56. The number of hydrogen-bond donors (Lipinski definition) is 3. The standard InChI is InChI=1S/C21H24N6O3/c1-26-17(7-8-24-26)21(11-22-12-21)23-9-13-3-2-4-14-15(13)10-27(20(14)30)16-5-6-18(28)25-19(16)29/h2-4,7-8,16,22-23H,5-6,9-12H2,1H3,(H,25,28,29). The summed E-state index contributed by atoms with van der Waals surface area (Å²) in [6, 6.07) is 7.15. The third kappa shape index (κ3) is 2.93. The van der Waals surface area contributed by atoms with Gasteiger partial charge in [0.15, 0.2) is 0 Å². The minimum Gasteiger partial charge on any atom is -0.322 e. The van der Waals surface area contributed by atoms with E-state index in [-0.39, 0.29) is 29.7 Å². The molecule has 4 heterocycles. The Morgan fingerprint density at radius 1 is 1.23 bits per heavy atom. The summed E-state index contributed by atoms with van der Waals surface area (Å²) < 4.78 is 1.89. The minimum atomic E-state index is -0.597. The number of fused-ring (bicyclic) bond motifs is 1. The number of hydrogen-bond acceptors (Lipinski definition) is 6. The van der Waals surface area contributed by atoms with Crippen LogP contribution >= 0.6 is 0 Å². The second-order valence-electron chi connectivity index (χ2n) is 8.22. The average molecular weight is 408 g/mol. The van der Waals surface area contributed by atoms with E-state index < -0.39 is 6.04 Å². The van der Waals surface area contributed by atoms with Crippen LogP contribution < -0.4 is 16.0 Å². The Bertz CT molecular complexity index is 1040. The van der Waals surface area contributed by atoms with Crippen LogP contribution in [0.15, 0.2) is 30.5 Å². The van der Waals surface area contributed by atoms with Gasteiger partial charge in [-0.15, -0.1) is 0 Å². The molecule has 0 saturated carbocycles. The molecule has 0 bridgehead atoms. The first-order chi connectivity index (χ1) is 14.5. The zero-order chi connectivity index (χ0) is 20.9. The van der Waals surface area contributed by atoms with Gasteiger partial charge in [-0.3, -0.25) is 29.7 Å². The number of piperidine rings is 1. The fourth-order valence-corrected chi connectivity index (χ4v) is 4.69. The van der Waals surface area contributed by atoms with E-state index in [0.29, 0.717) is 25.1 Å². The normalized spacial score (nSPS) is 22.6. The monoisotopic (exact) mass is 408 g/mol. The van der Waals surface area contributed by atoms with Gasteiger partial charge in [-0.1, -0.05) is 12.1 Å². The van der Waals surface area contributed by atoms with Gasteiger partial charge >= 0.3 is 0 Å². The van der Waals surface area contributed by atoms with E-state index in [0.717, 1.165) is 29.9 Å². The Kier molecular flexibility index (Phi) is 4.44. The van der Waals surface area contributed by atoms with Crippen LogP contribution in [0.5, 0.6) is 0 Å². The Morgan fingerprint density at radius 3 is 2.73 bits per heavy atom. The highest BCUT2D eigenvalue weighted by Gasteiger charge is 2.42. The van der Waals surface area contributed by atoms with Crippen LogP contribution in [0.3, 0.4) is 0 Å². The smallest absolute Gasteiger partial charge is 0.255 e. The first-order valence-electron chi connectivity index (χ1n) is 10.2. The topological polar surface area (TPSA) is 108 Å². The van der Waals surface area contributed by atoms with Crippen molar-refractivity contribution >= 4 is 17.7 Å². The van der Waals surface area contributed by atoms with Crippen molar-refractivity contribution in [2.24, 2.45) is 7.05 Å². The summed E-state index contributed by atoms with van der Waals surface area (Å²) >= 11 is 0. The lowest BCUT2D eigenvalue weighted by Gasteiger charge is -2.43. The van der Waals surface area contributed by atoms with Crippen LogP contribution in [-0.4, -0.2) is 51.5 Å². The van der Waals surface area contributed by atoms with E-state index >= 15 is 0 Å². The highest BCUT2D eigenvalue weighted by Crippen LogP contribution is 2.31. The average Bonchev–Trinajstić information content (AvgIpc) is 3.26. The van der Waals surface area contributed by atoms with Gasteiger partial charge in [0, 0.05) is 51.4 Å². The predicted octanol–water partition coefficient (Wildman–Crippen LogP) is -0.231. The number of carbonyl (C=O) groups is 3. The predicted molar refractivity (Wildman–Crippen MR) is 107 cm³/mol. The van der Waals surface area contributed by atoms with Crippen molar-refractivity contribution in [3.8, 4) is 0 Å². The molecule has 30 heavy (non-hydrogen) atoms. The lowest BCUT2D eigenvalue weighted by Crippen LogP contribution is -2.65. The van der Waals surface area contributed by atoms with E-state index in [1.807, 2.05) is 36.0 Å². The summed E-state index contributed by atoms with van der Waals surface area (Å²) in [6.45, 7) is 2.60. The molecule has 1 aromatic carbocycles. The molecule has 9 nitrogen and oxygen atoms in total. The number of nitrogens with one attached hydrogen (secondary N) is 3. The van der Waals surface area contributed by atoms with Crippen molar-refractivity contribution in [1.29, 1.82) is 0 Å². The van der Waals surface area contributed by atoms with E-state index in [1.165, 1.54) is 0 Å².